The number of halogens is 4. The van der Waals surface area contributed by atoms with E-state index in [9.17, 15) is 37.3 Å². The number of amides is 1. The summed E-state index contributed by atoms with van der Waals surface area (Å²) in [5.74, 6) is -2.50. The number of anilines is 1. The Kier molecular flexibility index (Phi) is 6.88. The number of non-ortho nitro benzene ring substituents is 1. The average molecular weight is 426 g/mol. The van der Waals surface area contributed by atoms with E-state index >= 15 is 0 Å². The fourth-order valence-electron chi connectivity index (χ4n) is 2.23. The first-order chi connectivity index (χ1) is 14.0. The molecule has 2 aromatic rings. The number of nitro benzene ring substituents is 1. The van der Waals surface area contributed by atoms with E-state index < -0.39 is 51.8 Å². The molecule has 7 nitrogen and oxygen atoms in total. The van der Waals surface area contributed by atoms with Gasteiger partial charge in [0.25, 0.3) is 11.6 Å². The summed E-state index contributed by atoms with van der Waals surface area (Å²) in [5.41, 5.74) is -2.46. The first-order valence-electron chi connectivity index (χ1n) is 8.28. The van der Waals surface area contributed by atoms with Crippen LogP contribution >= 0.6 is 0 Å². The van der Waals surface area contributed by atoms with Crippen molar-refractivity contribution in [2.45, 2.75) is 19.2 Å². The van der Waals surface area contributed by atoms with Gasteiger partial charge in [-0.25, -0.2) is 9.18 Å². The minimum atomic E-state index is -4.97. The molecule has 1 atom stereocenters. The van der Waals surface area contributed by atoms with Gasteiger partial charge < -0.3 is 10.1 Å². The molecule has 0 saturated heterocycles. The number of carbonyl (C=O) groups excluding carboxylic acids is 2. The Labute approximate surface area is 167 Å². The second-order valence-corrected chi connectivity index (χ2v) is 5.94. The van der Waals surface area contributed by atoms with E-state index in [1.807, 2.05) is 5.32 Å². The minimum Gasteiger partial charge on any atom is -0.449 e. The normalized spacial score (nSPS) is 12.4. The van der Waals surface area contributed by atoms with E-state index in [0.29, 0.717) is 5.56 Å². The average Bonchev–Trinajstić information content (AvgIpc) is 2.66. The van der Waals surface area contributed by atoms with Gasteiger partial charge in [-0.1, -0.05) is 12.1 Å². The molecule has 0 aliphatic carbocycles. The summed E-state index contributed by atoms with van der Waals surface area (Å²) < 4.78 is 57.1. The summed E-state index contributed by atoms with van der Waals surface area (Å²) in [7, 11) is 0. The van der Waals surface area contributed by atoms with E-state index in [2.05, 4.69) is 0 Å². The van der Waals surface area contributed by atoms with Crippen molar-refractivity contribution in [1.29, 1.82) is 0 Å². The van der Waals surface area contributed by atoms with Gasteiger partial charge >= 0.3 is 12.1 Å². The van der Waals surface area contributed by atoms with E-state index in [1.54, 1.807) is 0 Å². The Hall–Kier alpha value is -3.76. The van der Waals surface area contributed by atoms with Gasteiger partial charge in [0.05, 0.1) is 16.2 Å². The zero-order valence-corrected chi connectivity index (χ0v) is 15.3. The quantitative estimate of drug-likeness (QED) is 0.244. The third kappa shape index (κ3) is 6.12. The molecule has 0 aromatic heterocycles. The molecule has 30 heavy (non-hydrogen) atoms. The van der Waals surface area contributed by atoms with Gasteiger partial charge in [0.2, 0.25) is 0 Å². The van der Waals surface area contributed by atoms with Crippen LogP contribution in [0.1, 0.15) is 18.1 Å². The molecule has 0 fully saturated rings. The van der Waals surface area contributed by atoms with Crippen molar-refractivity contribution in [2.75, 3.05) is 5.32 Å². The van der Waals surface area contributed by atoms with Gasteiger partial charge in [0.15, 0.2) is 6.10 Å². The van der Waals surface area contributed by atoms with Gasteiger partial charge in [0, 0.05) is 18.2 Å². The van der Waals surface area contributed by atoms with Crippen LogP contribution in [0.15, 0.2) is 48.5 Å². The predicted molar refractivity (Wildman–Crippen MR) is 97.7 cm³/mol. The molecule has 0 aliphatic heterocycles. The number of alkyl halides is 3. The van der Waals surface area contributed by atoms with Crippen molar-refractivity contribution in [3.8, 4) is 0 Å². The summed E-state index contributed by atoms with van der Waals surface area (Å²) in [6.45, 7) is 1.14. The van der Waals surface area contributed by atoms with Crippen molar-refractivity contribution in [2.24, 2.45) is 0 Å². The molecule has 1 unspecified atom stereocenters. The molecule has 1 amide bonds. The first-order valence-corrected chi connectivity index (χ1v) is 8.28. The van der Waals surface area contributed by atoms with E-state index in [4.69, 9.17) is 4.74 Å². The summed E-state index contributed by atoms with van der Waals surface area (Å²) in [6, 6.07) is 6.95. The zero-order chi connectivity index (χ0) is 22.5. The maximum atomic E-state index is 13.1. The lowest BCUT2D eigenvalue weighted by Gasteiger charge is -2.16. The number of carbonyl (C=O) groups is 2. The molecule has 2 rings (SSSR count). The first kappa shape index (κ1) is 22.5. The zero-order valence-electron chi connectivity index (χ0n) is 15.3. The number of nitrogens with one attached hydrogen (secondary N) is 1. The SMILES string of the molecule is CC(OC(=O)/C=C/c1ccc(F)cc1)C(=O)Nc1ccc([N+](=O)[O-])cc1C(F)(F)F. The lowest BCUT2D eigenvalue weighted by molar-refractivity contribution is -0.385. The molecular formula is C19H14F4N2O5. The Morgan fingerprint density at radius 1 is 1.17 bits per heavy atom. The predicted octanol–water partition coefficient (Wildman–Crippen LogP) is 4.34. The highest BCUT2D eigenvalue weighted by Crippen LogP contribution is 2.37. The summed E-state index contributed by atoms with van der Waals surface area (Å²) >= 11 is 0. The van der Waals surface area contributed by atoms with Crippen molar-refractivity contribution >= 4 is 29.3 Å². The monoisotopic (exact) mass is 426 g/mol. The highest BCUT2D eigenvalue weighted by atomic mass is 19.4. The molecular weight excluding hydrogens is 412 g/mol. The molecule has 0 radical (unpaired) electrons. The van der Waals surface area contributed by atoms with Crippen LogP contribution < -0.4 is 5.32 Å². The standard InChI is InChI=1S/C19H14F4N2O5/c1-11(30-17(26)9-4-12-2-5-13(20)6-3-12)18(27)24-16-8-7-14(25(28)29)10-15(16)19(21,22)23/h2-11H,1H3,(H,24,27)/b9-4+. The lowest BCUT2D eigenvalue weighted by atomic mass is 10.1. The molecule has 0 saturated carbocycles. The Morgan fingerprint density at radius 2 is 1.80 bits per heavy atom. The number of hydrogen-bond donors (Lipinski definition) is 1. The molecule has 158 valence electrons. The van der Waals surface area contributed by atoms with Crippen LogP contribution in [-0.4, -0.2) is 22.9 Å². The second kappa shape index (κ2) is 9.16. The van der Waals surface area contributed by atoms with Gasteiger partial charge in [-0.3, -0.25) is 14.9 Å². The lowest BCUT2D eigenvalue weighted by Crippen LogP contribution is -2.30. The maximum absolute atomic E-state index is 13.1. The van der Waals surface area contributed by atoms with Gasteiger partial charge in [-0.2, -0.15) is 13.2 Å². The number of nitrogens with zero attached hydrogens (tertiary/aromatic N) is 1. The summed E-state index contributed by atoms with van der Waals surface area (Å²) in [4.78, 5) is 33.6. The summed E-state index contributed by atoms with van der Waals surface area (Å²) in [6.07, 6.45) is -4.17. The third-order valence-electron chi connectivity index (χ3n) is 3.72. The number of hydrogen-bond acceptors (Lipinski definition) is 5. The van der Waals surface area contributed by atoms with Crippen LogP contribution in [0.3, 0.4) is 0 Å². The smallest absolute Gasteiger partial charge is 0.418 e. The van der Waals surface area contributed by atoms with Crippen LogP contribution in [0, 0.1) is 15.9 Å². The van der Waals surface area contributed by atoms with Gasteiger partial charge in [-0.05, 0) is 36.8 Å². The highest BCUT2D eigenvalue weighted by molar-refractivity contribution is 5.97. The molecule has 2 aromatic carbocycles. The van der Waals surface area contributed by atoms with Gasteiger partial charge in [-0.15, -0.1) is 0 Å². The Balaban J connectivity index is 2.07. The number of rotatable bonds is 6. The fourth-order valence-corrected chi connectivity index (χ4v) is 2.23. The number of ether oxygens (including phenoxy) is 1. The molecule has 0 bridgehead atoms. The number of esters is 1. The number of nitro groups is 1. The van der Waals surface area contributed by atoms with E-state index in [0.717, 1.165) is 25.1 Å². The van der Waals surface area contributed by atoms with Gasteiger partial charge in [0.1, 0.15) is 5.82 Å². The van der Waals surface area contributed by atoms with Crippen LogP contribution in [0.4, 0.5) is 28.9 Å². The Morgan fingerprint density at radius 3 is 2.37 bits per heavy atom. The fraction of sp³-hybridized carbons (Fsp3) is 0.158. The van der Waals surface area contributed by atoms with Crippen LogP contribution in [0.25, 0.3) is 6.08 Å². The van der Waals surface area contributed by atoms with Crippen molar-refractivity contribution in [3.63, 3.8) is 0 Å². The van der Waals surface area contributed by atoms with E-state index in [1.165, 1.54) is 30.3 Å². The van der Waals surface area contributed by atoms with Crippen molar-refractivity contribution in [3.05, 3.63) is 75.6 Å². The molecule has 1 N–H and O–H groups in total. The topological polar surface area (TPSA) is 98.5 Å². The third-order valence-corrected chi connectivity index (χ3v) is 3.72. The van der Waals surface area contributed by atoms with Crippen LogP contribution in [0.2, 0.25) is 0 Å². The largest absolute Gasteiger partial charge is 0.449 e. The van der Waals surface area contributed by atoms with Crippen LogP contribution in [-0.2, 0) is 20.5 Å². The maximum Gasteiger partial charge on any atom is 0.418 e. The molecule has 0 aliphatic rings. The van der Waals surface area contributed by atoms with Crippen molar-refractivity contribution < 1.29 is 36.8 Å². The Bertz CT molecular complexity index is 987. The molecule has 0 spiro atoms. The highest BCUT2D eigenvalue weighted by Gasteiger charge is 2.36. The van der Waals surface area contributed by atoms with E-state index in [-0.39, 0.29) is 6.07 Å². The number of benzene rings is 2. The van der Waals surface area contributed by atoms with Crippen molar-refractivity contribution in [1.82, 2.24) is 0 Å². The molecule has 11 heteroatoms. The summed E-state index contributed by atoms with van der Waals surface area (Å²) in [5, 5.41) is 12.6. The minimum absolute atomic E-state index is 0.289. The second-order valence-electron chi connectivity index (χ2n) is 5.94. The molecule has 0 heterocycles. The van der Waals surface area contributed by atoms with Crippen LogP contribution in [0.5, 0.6) is 0 Å².